The van der Waals surface area contributed by atoms with E-state index in [1.54, 1.807) is 24.3 Å². The van der Waals surface area contributed by atoms with Crippen LogP contribution < -0.4 is 4.90 Å². The van der Waals surface area contributed by atoms with E-state index < -0.39 is 5.97 Å². The van der Waals surface area contributed by atoms with Crippen LogP contribution in [0.1, 0.15) is 19.8 Å². The van der Waals surface area contributed by atoms with Gasteiger partial charge in [-0.1, -0.05) is 11.6 Å². The summed E-state index contributed by atoms with van der Waals surface area (Å²) >= 11 is 5.78. The first-order chi connectivity index (χ1) is 9.54. The second kappa shape index (κ2) is 8.55. The minimum absolute atomic E-state index is 0.241. The summed E-state index contributed by atoms with van der Waals surface area (Å²) in [5.41, 5.74) is 0.526. The van der Waals surface area contributed by atoms with E-state index in [9.17, 15) is 9.59 Å². The molecule has 0 saturated carbocycles. The lowest BCUT2D eigenvalue weighted by molar-refractivity contribution is -0.136. The molecule has 5 nitrogen and oxygen atoms in total. The largest absolute Gasteiger partial charge is 0.480 e. The number of carbonyl (C=O) groups is 2. The van der Waals surface area contributed by atoms with Crippen molar-refractivity contribution in [3.05, 3.63) is 29.3 Å². The number of ether oxygens (including phenoxy) is 1. The van der Waals surface area contributed by atoms with Crippen molar-refractivity contribution in [2.75, 3.05) is 24.7 Å². The van der Waals surface area contributed by atoms with Gasteiger partial charge in [0.05, 0.1) is 0 Å². The summed E-state index contributed by atoms with van der Waals surface area (Å²) in [6.45, 7) is 2.61. The van der Waals surface area contributed by atoms with Gasteiger partial charge in [0.2, 0.25) is 5.91 Å². The molecule has 20 heavy (non-hydrogen) atoms. The van der Waals surface area contributed by atoms with Crippen molar-refractivity contribution in [3.63, 3.8) is 0 Å². The van der Waals surface area contributed by atoms with Gasteiger partial charge in [-0.2, -0.15) is 0 Å². The lowest BCUT2D eigenvalue weighted by atomic mass is 10.2. The molecule has 0 spiro atoms. The van der Waals surface area contributed by atoms with Crippen LogP contribution in [-0.2, 0) is 14.3 Å². The quantitative estimate of drug-likeness (QED) is 0.749. The Bertz CT molecular complexity index is 447. The highest BCUT2D eigenvalue weighted by Gasteiger charge is 2.18. The molecule has 0 radical (unpaired) electrons. The zero-order valence-corrected chi connectivity index (χ0v) is 12.1. The van der Waals surface area contributed by atoms with Gasteiger partial charge in [0, 0.05) is 30.3 Å². The fraction of sp³-hybridized carbons (Fsp3) is 0.429. The third-order valence-corrected chi connectivity index (χ3v) is 2.87. The fourth-order valence-electron chi connectivity index (χ4n) is 1.68. The van der Waals surface area contributed by atoms with Crippen molar-refractivity contribution in [1.82, 2.24) is 0 Å². The Hall–Kier alpha value is -1.59. The van der Waals surface area contributed by atoms with E-state index >= 15 is 0 Å². The van der Waals surface area contributed by atoms with E-state index in [0.717, 1.165) is 0 Å². The highest BCUT2D eigenvalue weighted by molar-refractivity contribution is 6.30. The maximum absolute atomic E-state index is 12.1. The van der Waals surface area contributed by atoms with Crippen molar-refractivity contribution in [2.45, 2.75) is 19.8 Å². The highest BCUT2D eigenvalue weighted by atomic mass is 35.5. The lowest BCUT2D eigenvalue weighted by Gasteiger charge is -2.21. The molecule has 0 aliphatic rings. The number of aliphatic carboxylic acids is 1. The summed E-state index contributed by atoms with van der Waals surface area (Å²) in [6, 6.07) is 6.51. The summed E-state index contributed by atoms with van der Waals surface area (Å²) in [5, 5.41) is 9.45. The Morgan fingerprint density at radius 2 is 1.95 bits per heavy atom. The van der Waals surface area contributed by atoms with E-state index in [2.05, 4.69) is 0 Å². The molecule has 0 unspecified atom stereocenters. The molecule has 0 bridgehead atoms. The molecule has 1 amide bonds. The number of carboxylic acids is 1. The number of amides is 1. The number of hydrogen-bond donors (Lipinski definition) is 1. The molecule has 1 aromatic carbocycles. The van der Waals surface area contributed by atoms with E-state index in [0.29, 0.717) is 30.3 Å². The molecule has 0 heterocycles. The van der Waals surface area contributed by atoms with Crippen LogP contribution in [0.15, 0.2) is 24.3 Å². The molecule has 0 fully saturated rings. The second-order valence-electron chi connectivity index (χ2n) is 4.15. The van der Waals surface area contributed by atoms with Crippen LogP contribution in [0.5, 0.6) is 0 Å². The summed E-state index contributed by atoms with van der Waals surface area (Å²) < 4.78 is 5.16. The molecule has 0 saturated heterocycles. The number of carbonyl (C=O) groups excluding carboxylic acids is 1. The van der Waals surface area contributed by atoms with Crippen molar-refractivity contribution in [1.29, 1.82) is 0 Å². The summed E-state index contributed by atoms with van der Waals surface area (Å²) in [4.78, 5) is 24.2. The maximum atomic E-state index is 12.1. The summed E-state index contributed by atoms with van der Waals surface area (Å²) in [5.74, 6) is -1.30. The minimum atomic E-state index is -1.06. The van der Waals surface area contributed by atoms with Gasteiger partial charge in [-0.05, 0) is 37.6 Å². The predicted octanol–water partition coefficient (Wildman–Crippen LogP) is 2.57. The zero-order chi connectivity index (χ0) is 15.0. The first-order valence-electron chi connectivity index (χ1n) is 6.40. The van der Waals surface area contributed by atoms with Crippen LogP contribution in [0.2, 0.25) is 5.02 Å². The van der Waals surface area contributed by atoms with Crippen LogP contribution in [0.25, 0.3) is 0 Å². The normalized spacial score (nSPS) is 10.3. The monoisotopic (exact) mass is 299 g/mol. The first kappa shape index (κ1) is 16.5. The summed E-state index contributed by atoms with van der Waals surface area (Å²) in [7, 11) is 0. The molecule has 0 atom stereocenters. The number of benzene rings is 1. The van der Waals surface area contributed by atoms with E-state index in [1.165, 1.54) is 4.90 Å². The Labute approximate surface area is 123 Å². The summed E-state index contributed by atoms with van der Waals surface area (Å²) in [6.07, 6.45) is 0.812. The SMILES string of the molecule is CCOCCCC(=O)N(CC(=O)O)c1ccc(Cl)cc1. The molecule has 0 aliphatic heterocycles. The molecule has 0 aliphatic carbocycles. The van der Waals surface area contributed by atoms with Crippen LogP contribution in [-0.4, -0.2) is 36.7 Å². The lowest BCUT2D eigenvalue weighted by Crippen LogP contribution is -2.35. The minimum Gasteiger partial charge on any atom is -0.480 e. The molecule has 1 aromatic rings. The van der Waals surface area contributed by atoms with Gasteiger partial charge in [-0.3, -0.25) is 9.59 Å². The zero-order valence-electron chi connectivity index (χ0n) is 11.3. The number of halogens is 1. The van der Waals surface area contributed by atoms with Gasteiger partial charge in [-0.25, -0.2) is 0 Å². The van der Waals surface area contributed by atoms with Crippen LogP contribution in [0.3, 0.4) is 0 Å². The van der Waals surface area contributed by atoms with E-state index in [4.69, 9.17) is 21.4 Å². The third kappa shape index (κ3) is 5.59. The van der Waals surface area contributed by atoms with Gasteiger partial charge in [-0.15, -0.1) is 0 Å². The number of nitrogens with zero attached hydrogens (tertiary/aromatic N) is 1. The molecular weight excluding hydrogens is 282 g/mol. The number of anilines is 1. The average Bonchev–Trinajstić information content (AvgIpc) is 2.42. The fourth-order valence-corrected chi connectivity index (χ4v) is 1.81. The van der Waals surface area contributed by atoms with Gasteiger partial charge < -0.3 is 14.7 Å². The number of rotatable bonds is 8. The Morgan fingerprint density at radius 3 is 2.50 bits per heavy atom. The van der Waals surface area contributed by atoms with Gasteiger partial charge in [0.15, 0.2) is 0 Å². The third-order valence-electron chi connectivity index (χ3n) is 2.62. The highest BCUT2D eigenvalue weighted by Crippen LogP contribution is 2.19. The van der Waals surface area contributed by atoms with Crippen molar-refractivity contribution in [3.8, 4) is 0 Å². The predicted molar refractivity (Wildman–Crippen MR) is 77.2 cm³/mol. The second-order valence-corrected chi connectivity index (χ2v) is 4.59. The van der Waals surface area contributed by atoms with Crippen LogP contribution >= 0.6 is 11.6 Å². The topological polar surface area (TPSA) is 66.8 Å². The van der Waals surface area contributed by atoms with E-state index in [-0.39, 0.29) is 18.9 Å². The first-order valence-corrected chi connectivity index (χ1v) is 6.78. The number of carboxylic acid groups (broad SMARTS) is 1. The maximum Gasteiger partial charge on any atom is 0.323 e. The molecule has 1 rings (SSSR count). The average molecular weight is 300 g/mol. The molecule has 0 aromatic heterocycles. The molecule has 110 valence electrons. The Balaban J connectivity index is 2.70. The van der Waals surface area contributed by atoms with E-state index in [1.807, 2.05) is 6.92 Å². The van der Waals surface area contributed by atoms with Crippen molar-refractivity contribution >= 4 is 29.2 Å². The smallest absolute Gasteiger partial charge is 0.323 e. The molecule has 6 heteroatoms. The molecule has 1 N–H and O–H groups in total. The Kier molecular flexibility index (Phi) is 7.04. The standard InChI is InChI=1S/C14H18ClNO4/c1-2-20-9-3-4-13(17)16(10-14(18)19)12-7-5-11(15)6-8-12/h5-8H,2-4,9-10H2,1H3,(H,18,19). The van der Waals surface area contributed by atoms with Crippen LogP contribution in [0.4, 0.5) is 5.69 Å². The van der Waals surface area contributed by atoms with Gasteiger partial charge in [0.25, 0.3) is 0 Å². The van der Waals surface area contributed by atoms with Gasteiger partial charge in [0.1, 0.15) is 6.54 Å². The molecular formula is C14H18ClNO4. The van der Waals surface area contributed by atoms with Crippen LogP contribution in [0, 0.1) is 0 Å². The van der Waals surface area contributed by atoms with Crippen molar-refractivity contribution < 1.29 is 19.4 Å². The number of hydrogen-bond acceptors (Lipinski definition) is 3. The van der Waals surface area contributed by atoms with Crippen molar-refractivity contribution in [2.24, 2.45) is 0 Å². The Morgan fingerprint density at radius 1 is 1.30 bits per heavy atom. The van der Waals surface area contributed by atoms with Gasteiger partial charge >= 0.3 is 5.97 Å².